The second-order valence-corrected chi connectivity index (χ2v) is 4.41. The van der Waals surface area contributed by atoms with Crippen LogP contribution in [-0.2, 0) is 6.42 Å². The van der Waals surface area contributed by atoms with Gasteiger partial charge < -0.3 is 10.6 Å². The molecule has 1 aliphatic heterocycles. The Hall–Kier alpha value is -1.22. The Bertz CT molecular complexity index is 390. The van der Waals surface area contributed by atoms with Gasteiger partial charge >= 0.3 is 0 Å². The minimum absolute atomic E-state index is 0.447. The lowest BCUT2D eigenvalue weighted by Crippen LogP contribution is -2.38. The third-order valence-corrected chi connectivity index (χ3v) is 2.92. The Kier molecular flexibility index (Phi) is 3.67. The second kappa shape index (κ2) is 5.21. The van der Waals surface area contributed by atoms with Gasteiger partial charge in [0.1, 0.15) is 0 Å². The molecule has 16 heavy (non-hydrogen) atoms. The molecule has 0 fully saturated rings. The molecule has 0 saturated heterocycles. The molecule has 2 rings (SSSR count). The lowest BCUT2D eigenvalue weighted by molar-refractivity contribution is 0.712. The quantitative estimate of drug-likeness (QED) is 0.842. The van der Waals surface area contributed by atoms with E-state index in [0.717, 1.165) is 30.5 Å². The molecule has 0 radical (unpaired) electrons. The molecule has 0 bridgehead atoms. The molecular formula is C12H16ClN3. The first-order chi connectivity index (χ1) is 7.75. The highest BCUT2D eigenvalue weighted by molar-refractivity contribution is 6.31. The summed E-state index contributed by atoms with van der Waals surface area (Å²) in [4.78, 5) is 4.33. The highest BCUT2D eigenvalue weighted by Crippen LogP contribution is 2.14. The Morgan fingerprint density at radius 3 is 3.00 bits per heavy atom. The molecule has 1 atom stereocenters. The number of benzene rings is 1. The van der Waals surface area contributed by atoms with Crippen LogP contribution in [0.2, 0.25) is 5.02 Å². The van der Waals surface area contributed by atoms with E-state index in [2.05, 4.69) is 28.6 Å². The van der Waals surface area contributed by atoms with Gasteiger partial charge in [-0.2, -0.15) is 0 Å². The molecule has 0 aliphatic carbocycles. The van der Waals surface area contributed by atoms with Gasteiger partial charge in [-0.05, 0) is 25.0 Å². The summed E-state index contributed by atoms with van der Waals surface area (Å²) in [5, 5.41) is 7.36. The molecule has 1 aliphatic rings. The summed E-state index contributed by atoms with van der Waals surface area (Å²) in [5.74, 6) is 0.902. The van der Waals surface area contributed by atoms with Gasteiger partial charge in [0.2, 0.25) is 0 Å². The van der Waals surface area contributed by atoms with Gasteiger partial charge in [-0.25, -0.2) is 0 Å². The third kappa shape index (κ3) is 2.89. The van der Waals surface area contributed by atoms with Crippen LogP contribution in [0.15, 0.2) is 29.3 Å². The van der Waals surface area contributed by atoms with Gasteiger partial charge in [-0.3, -0.25) is 4.99 Å². The molecule has 1 heterocycles. The average Bonchev–Trinajstić information content (AvgIpc) is 2.67. The van der Waals surface area contributed by atoms with Crippen LogP contribution in [0.1, 0.15) is 12.5 Å². The molecule has 2 N–H and O–H groups in total. The summed E-state index contributed by atoms with van der Waals surface area (Å²) in [6, 6.07) is 8.38. The number of nitrogens with one attached hydrogen (secondary N) is 2. The summed E-state index contributed by atoms with van der Waals surface area (Å²) in [6.45, 7) is 3.82. The summed E-state index contributed by atoms with van der Waals surface area (Å²) in [7, 11) is 0. The number of hydrogen-bond donors (Lipinski definition) is 2. The first-order valence-corrected chi connectivity index (χ1v) is 5.92. The minimum Gasteiger partial charge on any atom is -0.356 e. The van der Waals surface area contributed by atoms with E-state index in [1.165, 1.54) is 5.56 Å². The van der Waals surface area contributed by atoms with Gasteiger partial charge in [-0.1, -0.05) is 29.8 Å². The van der Waals surface area contributed by atoms with Crippen molar-refractivity contribution in [2.45, 2.75) is 19.4 Å². The smallest absolute Gasteiger partial charge is 0.191 e. The van der Waals surface area contributed by atoms with Crippen molar-refractivity contribution < 1.29 is 0 Å². The molecule has 1 aromatic carbocycles. The average molecular weight is 238 g/mol. The maximum atomic E-state index is 6.07. The number of guanidine groups is 1. The van der Waals surface area contributed by atoms with Gasteiger partial charge in [0.05, 0.1) is 6.54 Å². The van der Waals surface area contributed by atoms with Crippen molar-refractivity contribution in [3.05, 3.63) is 34.9 Å². The topological polar surface area (TPSA) is 36.4 Å². The van der Waals surface area contributed by atoms with Crippen molar-refractivity contribution in [3.63, 3.8) is 0 Å². The molecule has 3 nitrogen and oxygen atoms in total. The van der Waals surface area contributed by atoms with Crippen LogP contribution in [0.4, 0.5) is 0 Å². The highest BCUT2D eigenvalue weighted by Gasteiger charge is 2.11. The standard InChI is InChI=1S/C12H16ClN3/c1-9-8-15-12(16-9)14-7-6-10-4-2-3-5-11(10)13/h2-5,9H,6-8H2,1H3,(H2,14,15,16). The Morgan fingerprint density at radius 1 is 1.50 bits per heavy atom. The van der Waals surface area contributed by atoms with Crippen LogP contribution in [0.25, 0.3) is 0 Å². The maximum Gasteiger partial charge on any atom is 0.191 e. The van der Waals surface area contributed by atoms with Crippen LogP contribution in [0, 0.1) is 0 Å². The van der Waals surface area contributed by atoms with Crippen molar-refractivity contribution in [1.29, 1.82) is 0 Å². The fourth-order valence-electron chi connectivity index (χ4n) is 1.68. The number of rotatable bonds is 3. The monoisotopic (exact) mass is 237 g/mol. The molecule has 4 heteroatoms. The van der Waals surface area contributed by atoms with Gasteiger partial charge in [0, 0.05) is 17.6 Å². The van der Waals surface area contributed by atoms with E-state index in [1.54, 1.807) is 0 Å². The first kappa shape index (κ1) is 11.3. The summed E-state index contributed by atoms with van der Waals surface area (Å²) >= 11 is 6.07. The van der Waals surface area contributed by atoms with E-state index in [4.69, 9.17) is 11.6 Å². The van der Waals surface area contributed by atoms with Crippen LogP contribution in [0.5, 0.6) is 0 Å². The fourth-order valence-corrected chi connectivity index (χ4v) is 1.91. The SMILES string of the molecule is CC1CN=C(NCCc2ccccc2Cl)N1. The van der Waals surface area contributed by atoms with Crippen LogP contribution in [-0.4, -0.2) is 25.1 Å². The Balaban J connectivity index is 1.78. The second-order valence-electron chi connectivity index (χ2n) is 4.00. The van der Waals surface area contributed by atoms with E-state index >= 15 is 0 Å². The van der Waals surface area contributed by atoms with Crippen molar-refractivity contribution in [2.24, 2.45) is 4.99 Å². The Labute approximate surface area is 101 Å². The van der Waals surface area contributed by atoms with Crippen molar-refractivity contribution in [3.8, 4) is 0 Å². The van der Waals surface area contributed by atoms with E-state index in [1.807, 2.05) is 18.2 Å². The summed E-state index contributed by atoms with van der Waals surface area (Å²) in [6.07, 6.45) is 0.911. The molecule has 86 valence electrons. The summed E-state index contributed by atoms with van der Waals surface area (Å²) in [5.41, 5.74) is 1.17. The number of nitrogens with zero attached hydrogens (tertiary/aromatic N) is 1. The molecule has 0 aromatic heterocycles. The zero-order valence-electron chi connectivity index (χ0n) is 9.33. The zero-order valence-corrected chi connectivity index (χ0v) is 10.1. The maximum absolute atomic E-state index is 6.07. The molecular weight excluding hydrogens is 222 g/mol. The highest BCUT2D eigenvalue weighted by atomic mass is 35.5. The predicted octanol–water partition coefficient (Wildman–Crippen LogP) is 1.82. The lowest BCUT2D eigenvalue weighted by atomic mass is 10.1. The largest absolute Gasteiger partial charge is 0.356 e. The van der Waals surface area contributed by atoms with Crippen molar-refractivity contribution in [1.82, 2.24) is 10.6 Å². The number of aliphatic imine (C=N–C) groups is 1. The molecule has 1 unspecified atom stereocenters. The third-order valence-electron chi connectivity index (χ3n) is 2.55. The van der Waals surface area contributed by atoms with E-state index < -0.39 is 0 Å². The van der Waals surface area contributed by atoms with E-state index in [9.17, 15) is 0 Å². The molecule has 0 saturated carbocycles. The molecule has 1 aromatic rings. The minimum atomic E-state index is 0.447. The molecule has 0 spiro atoms. The van der Waals surface area contributed by atoms with Gasteiger partial charge in [0.25, 0.3) is 0 Å². The van der Waals surface area contributed by atoms with Crippen LogP contribution >= 0.6 is 11.6 Å². The molecule has 0 amide bonds. The van der Waals surface area contributed by atoms with E-state index in [0.29, 0.717) is 6.04 Å². The Morgan fingerprint density at radius 2 is 2.31 bits per heavy atom. The normalized spacial score (nSPS) is 19.1. The lowest BCUT2D eigenvalue weighted by Gasteiger charge is -2.09. The van der Waals surface area contributed by atoms with Gasteiger partial charge in [0.15, 0.2) is 5.96 Å². The van der Waals surface area contributed by atoms with Crippen molar-refractivity contribution in [2.75, 3.05) is 13.1 Å². The fraction of sp³-hybridized carbons (Fsp3) is 0.417. The first-order valence-electron chi connectivity index (χ1n) is 5.54. The number of halogens is 1. The summed E-state index contributed by atoms with van der Waals surface area (Å²) < 4.78 is 0. The van der Waals surface area contributed by atoms with Crippen LogP contribution in [0.3, 0.4) is 0 Å². The van der Waals surface area contributed by atoms with Crippen LogP contribution < -0.4 is 10.6 Å². The van der Waals surface area contributed by atoms with Crippen molar-refractivity contribution >= 4 is 17.6 Å². The number of hydrogen-bond acceptors (Lipinski definition) is 3. The van der Waals surface area contributed by atoms with Gasteiger partial charge in [-0.15, -0.1) is 0 Å². The zero-order chi connectivity index (χ0) is 11.4. The van der Waals surface area contributed by atoms with E-state index in [-0.39, 0.29) is 0 Å². The predicted molar refractivity (Wildman–Crippen MR) is 68.1 cm³/mol.